The van der Waals surface area contributed by atoms with E-state index in [2.05, 4.69) is 26.5 Å². The monoisotopic (exact) mass is 372 g/mol. The van der Waals surface area contributed by atoms with Crippen LogP contribution in [-0.4, -0.2) is 37.5 Å². The summed E-state index contributed by atoms with van der Waals surface area (Å²) in [5, 5.41) is 10.1. The van der Waals surface area contributed by atoms with Crippen molar-refractivity contribution in [2.45, 2.75) is 45.6 Å². The lowest BCUT2D eigenvalue weighted by Crippen LogP contribution is -2.52. The molecule has 1 aliphatic carbocycles. The molecule has 0 radical (unpaired) electrons. The molecule has 0 heterocycles. The van der Waals surface area contributed by atoms with Gasteiger partial charge in [0.1, 0.15) is 6.10 Å². The number of allylic oxidation sites excluding steroid dienone is 2. The zero-order chi connectivity index (χ0) is 19.9. The van der Waals surface area contributed by atoms with Crippen LogP contribution in [0.15, 0.2) is 54.1 Å². The number of aliphatic hydroxyl groups is 1. The molecule has 3 atom stereocenters. The number of carbonyl (C=O) groups excluding carboxylic acids is 1. The minimum atomic E-state index is -0.477. The summed E-state index contributed by atoms with van der Waals surface area (Å²) in [5.74, 6) is -0.474. The number of carbonyl (C=O) groups is 1. The Morgan fingerprint density at radius 2 is 2.04 bits per heavy atom. The van der Waals surface area contributed by atoms with Gasteiger partial charge in [-0.05, 0) is 51.7 Å². The third-order valence-electron chi connectivity index (χ3n) is 5.57. The van der Waals surface area contributed by atoms with Crippen LogP contribution in [0.3, 0.4) is 0 Å². The summed E-state index contributed by atoms with van der Waals surface area (Å²) in [6.07, 6.45) is 4.91. The summed E-state index contributed by atoms with van der Waals surface area (Å²) in [7, 11) is 1.66. The average Bonchev–Trinajstić information content (AvgIpc) is 2.65. The summed E-state index contributed by atoms with van der Waals surface area (Å²) in [5.41, 5.74) is 2.32. The molecule has 0 spiro atoms. The Balaban J connectivity index is 2.33. The molecule has 0 saturated heterocycles. The van der Waals surface area contributed by atoms with Crippen molar-refractivity contribution >= 4 is 5.97 Å². The first-order valence-electron chi connectivity index (χ1n) is 9.61. The fourth-order valence-corrected chi connectivity index (χ4v) is 4.17. The van der Waals surface area contributed by atoms with E-state index in [1.807, 2.05) is 18.2 Å². The highest BCUT2D eigenvalue weighted by Gasteiger charge is 2.50. The standard InChI is InChI=1S/C23H32O4/c1-17(2)9-8-14-23(16-26-4)20(15-24)18(3)12-13-21(23)27-22(25)19-10-6-5-7-11-19/h5-7,9-11,20-21,24H,3,8,12-16H2,1-2,4H3/t20-,21+,23-/m0/s1. The zero-order valence-corrected chi connectivity index (χ0v) is 16.7. The van der Waals surface area contributed by atoms with Crippen molar-refractivity contribution < 1.29 is 19.4 Å². The van der Waals surface area contributed by atoms with Crippen LogP contribution in [-0.2, 0) is 9.47 Å². The van der Waals surface area contributed by atoms with E-state index in [1.165, 1.54) is 5.57 Å². The van der Waals surface area contributed by atoms with Crippen LogP contribution < -0.4 is 0 Å². The van der Waals surface area contributed by atoms with Crippen LogP contribution in [0.2, 0.25) is 0 Å². The molecule has 4 nitrogen and oxygen atoms in total. The Morgan fingerprint density at radius 1 is 1.33 bits per heavy atom. The van der Waals surface area contributed by atoms with E-state index < -0.39 is 5.41 Å². The summed E-state index contributed by atoms with van der Waals surface area (Å²) in [6, 6.07) is 9.04. The van der Waals surface area contributed by atoms with Gasteiger partial charge < -0.3 is 14.6 Å². The third kappa shape index (κ3) is 5.08. The molecule has 1 saturated carbocycles. The Bertz CT molecular complexity index is 660. The summed E-state index contributed by atoms with van der Waals surface area (Å²) in [6.45, 7) is 8.72. The SMILES string of the molecule is C=C1CC[C@@H](OC(=O)c2ccccc2)[C@@](CCC=C(C)C)(COC)[C@H]1CO. The van der Waals surface area contributed by atoms with E-state index in [4.69, 9.17) is 9.47 Å². The highest BCUT2D eigenvalue weighted by atomic mass is 16.5. The molecule has 27 heavy (non-hydrogen) atoms. The van der Waals surface area contributed by atoms with E-state index >= 15 is 0 Å². The smallest absolute Gasteiger partial charge is 0.338 e. The number of ether oxygens (including phenoxy) is 2. The van der Waals surface area contributed by atoms with Gasteiger partial charge in [0, 0.05) is 18.4 Å². The van der Waals surface area contributed by atoms with Gasteiger partial charge in [0.25, 0.3) is 0 Å². The quantitative estimate of drug-likeness (QED) is 0.537. The normalized spacial score (nSPS) is 25.1. The lowest BCUT2D eigenvalue weighted by atomic mass is 9.61. The van der Waals surface area contributed by atoms with E-state index in [9.17, 15) is 9.90 Å². The van der Waals surface area contributed by atoms with Crippen molar-refractivity contribution in [1.82, 2.24) is 0 Å². The summed E-state index contributed by atoms with van der Waals surface area (Å²) >= 11 is 0. The van der Waals surface area contributed by atoms with Crippen molar-refractivity contribution in [3.05, 3.63) is 59.7 Å². The van der Waals surface area contributed by atoms with Gasteiger partial charge in [-0.15, -0.1) is 0 Å². The van der Waals surface area contributed by atoms with E-state index in [-0.39, 0.29) is 24.6 Å². The Morgan fingerprint density at radius 3 is 2.63 bits per heavy atom. The van der Waals surface area contributed by atoms with Gasteiger partial charge in [-0.1, -0.05) is 42.0 Å². The molecular formula is C23H32O4. The maximum absolute atomic E-state index is 12.7. The highest BCUT2D eigenvalue weighted by molar-refractivity contribution is 5.89. The van der Waals surface area contributed by atoms with Crippen LogP contribution in [0.1, 0.15) is 49.9 Å². The van der Waals surface area contributed by atoms with Crippen LogP contribution in [0, 0.1) is 11.3 Å². The molecule has 0 unspecified atom stereocenters. The fourth-order valence-electron chi connectivity index (χ4n) is 4.17. The van der Waals surface area contributed by atoms with Crippen molar-refractivity contribution in [2.75, 3.05) is 20.3 Å². The van der Waals surface area contributed by atoms with Gasteiger partial charge in [-0.3, -0.25) is 0 Å². The number of esters is 1. The molecule has 2 rings (SSSR count). The molecular weight excluding hydrogens is 340 g/mol. The van der Waals surface area contributed by atoms with Crippen molar-refractivity contribution in [3.63, 3.8) is 0 Å². The molecule has 1 aromatic carbocycles. The minimum absolute atomic E-state index is 0.0175. The van der Waals surface area contributed by atoms with Crippen molar-refractivity contribution in [3.8, 4) is 0 Å². The van der Waals surface area contributed by atoms with Crippen LogP contribution >= 0.6 is 0 Å². The lowest BCUT2D eigenvalue weighted by molar-refractivity contribution is -0.102. The first-order valence-corrected chi connectivity index (χ1v) is 9.61. The average molecular weight is 373 g/mol. The van der Waals surface area contributed by atoms with Gasteiger partial charge in [-0.2, -0.15) is 0 Å². The number of aliphatic hydroxyl groups excluding tert-OH is 1. The predicted octanol–water partition coefficient (Wildman–Crippen LogP) is 4.55. The highest BCUT2D eigenvalue weighted by Crippen LogP contribution is 2.49. The number of rotatable bonds is 8. The van der Waals surface area contributed by atoms with Crippen molar-refractivity contribution in [2.24, 2.45) is 11.3 Å². The number of hydrogen-bond donors (Lipinski definition) is 1. The number of benzene rings is 1. The molecule has 0 aliphatic heterocycles. The van der Waals surface area contributed by atoms with E-state index in [0.29, 0.717) is 18.6 Å². The molecule has 0 bridgehead atoms. The van der Waals surface area contributed by atoms with Gasteiger partial charge in [-0.25, -0.2) is 4.79 Å². The third-order valence-corrected chi connectivity index (χ3v) is 5.57. The maximum Gasteiger partial charge on any atom is 0.338 e. The molecule has 0 amide bonds. The number of hydrogen-bond acceptors (Lipinski definition) is 4. The Hall–Kier alpha value is -1.91. The van der Waals surface area contributed by atoms with E-state index in [0.717, 1.165) is 24.8 Å². The Kier molecular flexibility index (Phi) is 7.81. The number of methoxy groups -OCH3 is 1. The van der Waals surface area contributed by atoms with Crippen molar-refractivity contribution in [1.29, 1.82) is 0 Å². The lowest BCUT2D eigenvalue weighted by Gasteiger charge is -2.49. The molecule has 1 aromatic rings. The Labute approximate surface area is 162 Å². The predicted molar refractivity (Wildman–Crippen MR) is 108 cm³/mol. The van der Waals surface area contributed by atoms with Crippen LogP contribution in [0.4, 0.5) is 0 Å². The molecule has 0 aromatic heterocycles. The van der Waals surface area contributed by atoms with Gasteiger partial charge in [0.2, 0.25) is 0 Å². The summed E-state index contributed by atoms with van der Waals surface area (Å²) < 4.78 is 11.6. The fraction of sp³-hybridized carbons (Fsp3) is 0.522. The van der Waals surface area contributed by atoms with Gasteiger partial charge >= 0.3 is 5.97 Å². The first-order chi connectivity index (χ1) is 12.9. The molecule has 1 N–H and O–H groups in total. The van der Waals surface area contributed by atoms with E-state index in [1.54, 1.807) is 19.2 Å². The van der Waals surface area contributed by atoms with Crippen LogP contribution in [0.25, 0.3) is 0 Å². The first kappa shape index (κ1) is 21.4. The second kappa shape index (κ2) is 9.86. The molecule has 1 fully saturated rings. The topological polar surface area (TPSA) is 55.8 Å². The second-order valence-corrected chi connectivity index (χ2v) is 7.68. The maximum atomic E-state index is 12.7. The minimum Gasteiger partial charge on any atom is -0.458 e. The van der Waals surface area contributed by atoms with Gasteiger partial charge in [0.05, 0.1) is 18.8 Å². The van der Waals surface area contributed by atoms with Gasteiger partial charge in [0.15, 0.2) is 0 Å². The summed E-state index contributed by atoms with van der Waals surface area (Å²) in [4.78, 5) is 12.7. The molecule has 1 aliphatic rings. The molecule has 148 valence electrons. The largest absolute Gasteiger partial charge is 0.458 e. The second-order valence-electron chi connectivity index (χ2n) is 7.68. The zero-order valence-electron chi connectivity index (χ0n) is 16.7. The van der Waals surface area contributed by atoms with Crippen LogP contribution in [0.5, 0.6) is 0 Å². The molecule has 4 heteroatoms.